The van der Waals surface area contributed by atoms with Crippen molar-refractivity contribution in [1.29, 1.82) is 0 Å². The van der Waals surface area contributed by atoms with Gasteiger partial charge in [-0.25, -0.2) is 29.9 Å². The summed E-state index contributed by atoms with van der Waals surface area (Å²) in [5.41, 5.74) is 3.85. The van der Waals surface area contributed by atoms with E-state index in [4.69, 9.17) is 0 Å². The Morgan fingerprint density at radius 2 is 1.24 bits per heavy atom. The van der Waals surface area contributed by atoms with Crippen molar-refractivity contribution >= 4 is 56.4 Å². The minimum atomic E-state index is -0.0774. The molecule has 210 valence electrons. The maximum atomic E-state index is 12.2. The average Bonchev–Trinajstić information content (AvgIpc) is 3.44. The molecule has 0 atom stereocenters. The topological polar surface area (TPSA) is 193 Å². The van der Waals surface area contributed by atoms with Gasteiger partial charge >= 0.3 is 0 Å². The van der Waals surface area contributed by atoms with Gasteiger partial charge in [-0.1, -0.05) is 0 Å². The molecule has 0 bridgehead atoms. The molecule has 0 aromatic carbocycles. The van der Waals surface area contributed by atoms with Crippen LogP contribution in [0.2, 0.25) is 0 Å². The van der Waals surface area contributed by atoms with Gasteiger partial charge in [-0.15, -0.1) is 22.7 Å². The lowest BCUT2D eigenvalue weighted by Crippen LogP contribution is -2.03. The van der Waals surface area contributed by atoms with E-state index in [1.807, 2.05) is 10.8 Å². The molecule has 0 radical (unpaired) electrons. The number of rotatable bonds is 9. The van der Waals surface area contributed by atoms with E-state index in [1.54, 1.807) is 49.3 Å². The molecule has 0 unspecified atom stereocenters. The first-order valence-corrected chi connectivity index (χ1v) is 14.4. The Kier molecular flexibility index (Phi) is 7.78. The first-order valence-electron chi connectivity index (χ1n) is 12.7. The summed E-state index contributed by atoms with van der Waals surface area (Å²) in [5, 5.41) is 24.5. The third-order valence-electron chi connectivity index (χ3n) is 5.95. The van der Waals surface area contributed by atoms with Crippen molar-refractivity contribution in [3.63, 3.8) is 0 Å². The highest BCUT2D eigenvalue weighted by molar-refractivity contribution is 7.14. The minimum Gasteiger partial charge on any atom is -0.300 e. The molecule has 16 heteroatoms. The molecule has 6 heterocycles. The number of hydrogen-bond donors (Lipinski definition) is 4. The third kappa shape index (κ3) is 6.24. The van der Waals surface area contributed by atoms with Gasteiger partial charge in [-0.05, 0) is 25.0 Å². The van der Waals surface area contributed by atoms with E-state index in [1.165, 1.54) is 29.6 Å². The molecule has 1 saturated carbocycles. The number of H-pyrrole nitrogens is 2. The van der Waals surface area contributed by atoms with Crippen molar-refractivity contribution in [2.24, 2.45) is 5.92 Å². The lowest BCUT2D eigenvalue weighted by atomic mass is 10.1. The smallest absolute Gasteiger partial charge is 0.228 e. The fourth-order valence-electron chi connectivity index (χ4n) is 3.79. The standard InChI is InChI=1S/C14H12N6OS.C12H10N6OS/c21-12(8-2-3-8)11-9(6-17-20-11)10-7-22-14(18-10)19-13-15-4-1-5-16-13;1-7(19)10-8(5-15-18-10)9-6-20-12(16-9)17-11-13-3-2-4-14-11/h1,4-8H,2-3H2,(H,17,20)(H,15,16,18,19);2-6H,1H3,(H,15,18)(H,13,14,16,17). The average molecular weight is 599 g/mol. The van der Waals surface area contributed by atoms with Gasteiger partial charge in [0, 0.05) is 59.5 Å². The number of nitrogens with zero attached hydrogens (tertiary/aromatic N) is 8. The highest BCUT2D eigenvalue weighted by Crippen LogP contribution is 2.35. The summed E-state index contributed by atoms with van der Waals surface area (Å²) in [4.78, 5) is 48.9. The van der Waals surface area contributed by atoms with Gasteiger partial charge in [-0.3, -0.25) is 19.8 Å². The number of thiazole rings is 2. The number of hydrogen-bond acceptors (Lipinski definition) is 14. The van der Waals surface area contributed by atoms with E-state index < -0.39 is 0 Å². The summed E-state index contributed by atoms with van der Waals surface area (Å²) >= 11 is 2.84. The zero-order valence-electron chi connectivity index (χ0n) is 22.0. The van der Waals surface area contributed by atoms with Crippen LogP contribution >= 0.6 is 22.7 Å². The number of Topliss-reactive ketones (excluding diaryl/α,β-unsaturated/α-hetero) is 2. The van der Waals surface area contributed by atoms with Gasteiger partial charge in [0.2, 0.25) is 11.9 Å². The Labute approximate surface area is 246 Å². The zero-order chi connectivity index (χ0) is 28.9. The number of aromatic nitrogens is 10. The predicted octanol–water partition coefficient (Wildman–Crippen LogP) is 4.93. The largest absolute Gasteiger partial charge is 0.300 e. The van der Waals surface area contributed by atoms with Crippen molar-refractivity contribution in [2.45, 2.75) is 19.8 Å². The molecular formula is C26H22N12O2S2. The van der Waals surface area contributed by atoms with E-state index in [0.717, 1.165) is 24.1 Å². The summed E-state index contributed by atoms with van der Waals surface area (Å²) in [6.07, 6.45) is 11.8. The first-order chi connectivity index (χ1) is 20.5. The van der Waals surface area contributed by atoms with Crippen LogP contribution in [-0.2, 0) is 0 Å². The van der Waals surface area contributed by atoms with Crippen LogP contribution in [0.25, 0.3) is 22.5 Å². The van der Waals surface area contributed by atoms with Gasteiger partial charge in [0.1, 0.15) is 11.4 Å². The van der Waals surface area contributed by atoms with Crippen LogP contribution in [-0.4, -0.2) is 61.9 Å². The second kappa shape index (κ2) is 12.1. The van der Waals surface area contributed by atoms with Crippen molar-refractivity contribution < 1.29 is 9.59 Å². The van der Waals surface area contributed by atoms with Gasteiger partial charge in [0.15, 0.2) is 21.8 Å². The molecule has 0 saturated heterocycles. The third-order valence-corrected chi connectivity index (χ3v) is 7.47. The second-order valence-electron chi connectivity index (χ2n) is 8.98. The quantitative estimate of drug-likeness (QED) is 0.164. The second-order valence-corrected chi connectivity index (χ2v) is 10.7. The van der Waals surface area contributed by atoms with Gasteiger partial charge in [-0.2, -0.15) is 10.2 Å². The van der Waals surface area contributed by atoms with E-state index in [-0.39, 0.29) is 17.5 Å². The Hall–Kier alpha value is -5.22. The maximum absolute atomic E-state index is 12.2. The summed E-state index contributed by atoms with van der Waals surface area (Å²) < 4.78 is 0. The number of carbonyl (C=O) groups is 2. The van der Waals surface area contributed by atoms with Crippen molar-refractivity contribution in [3.05, 3.63) is 71.5 Å². The maximum Gasteiger partial charge on any atom is 0.228 e. The van der Waals surface area contributed by atoms with Gasteiger partial charge < -0.3 is 10.6 Å². The lowest BCUT2D eigenvalue weighted by molar-refractivity contribution is 0.0962. The Morgan fingerprint density at radius 1 is 0.762 bits per heavy atom. The van der Waals surface area contributed by atoms with Crippen LogP contribution in [0.4, 0.5) is 22.2 Å². The van der Waals surface area contributed by atoms with Crippen LogP contribution in [0.1, 0.15) is 40.7 Å². The van der Waals surface area contributed by atoms with Crippen molar-refractivity contribution in [1.82, 2.24) is 50.3 Å². The van der Waals surface area contributed by atoms with Crippen LogP contribution in [0.3, 0.4) is 0 Å². The van der Waals surface area contributed by atoms with Gasteiger partial charge in [0.25, 0.3) is 0 Å². The SMILES string of the molecule is CC(=O)c1[nH]ncc1-c1csc(Nc2ncccn2)n1.O=C(c1[nH]ncc1-c1csc(Nc2ncccn2)n1)C1CC1. The van der Waals surface area contributed by atoms with Crippen LogP contribution in [0.15, 0.2) is 60.1 Å². The molecule has 1 fully saturated rings. The number of aromatic amines is 2. The Balaban J connectivity index is 0.000000151. The fourth-order valence-corrected chi connectivity index (χ4v) is 5.20. The van der Waals surface area contributed by atoms with E-state index >= 15 is 0 Å². The minimum absolute atomic E-state index is 0.0774. The monoisotopic (exact) mass is 598 g/mol. The number of ketones is 2. The molecule has 0 amide bonds. The van der Waals surface area contributed by atoms with Crippen molar-refractivity contribution in [2.75, 3.05) is 10.6 Å². The Bertz CT molecular complexity index is 1810. The van der Waals surface area contributed by atoms with Crippen molar-refractivity contribution in [3.8, 4) is 22.5 Å². The first kappa shape index (κ1) is 27.0. The molecule has 4 N–H and O–H groups in total. The summed E-state index contributed by atoms with van der Waals surface area (Å²) in [5.74, 6) is 1.17. The number of anilines is 4. The highest BCUT2D eigenvalue weighted by atomic mass is 32.1. The number of carbonyl (C=O) groups excluding carboxylic acids is 2. The molecule has 42 heavy (non-hydrogen) atoms. The van der Waals surface area contributed by atoms with Crippen LogP contribution < -0.4 is 10.6 Å². The highest BCUT2D eigenvalue weighted by Gasteiger charge is 2.33. The van der Waals surface area contributed by atoms with E-state index in [0.29, 0.717) is 44.8 Å². The normalized spacial score (nSPS) is 12.3. The predicted molar refractivity (Wildman–Crippen MR) is 157 cm³/mol. The molecule has 1 aliphatic carbocycles. The van der Waals surface area contributed by atoms with E-state index in [2.05, 4.69) is 60.9 Å². The zero-order valence-corrected chi connectivity index (χ0v) is 23.6. The van der Waals surface area contributed by atoms with E-state index in [9.17, 15) is 9.59 Å². The Morgan fingerprint density at radius 3 is 1.71 bits per heavy atom. The summed E-state index contributed by atoms with van der Waals surface area (Å²) in [6, 6.07) is 3.49. The molecule has 7 rings (SSSR count). The molecule has 6 aromatic rings. The number of nitrogens with one attached hydrogen (secondary N) is 4. The van der Waals surface area contributed by atoms with Gasteiger partial charge in [0.05, 0.1) is 23.8 Å². The summed E-state index contributed by atoms with van der Waals surface area (Å²) in [7, 11) is 0. The van der Waals surface area contributed by atoms with Crippen LogP contribution in [0.5, 0.6) is 0 Å². The molecular weight excluding hydrogens is 577 g/mol. The molecule has 14 nitrogen and oxygen atoms in total. The molecule has 6 aromatic heterocycles. The summed E-state index contributed by atoms with van der Waals surface area (Å²) in [6.45, 7) is 1.49. The fraction of sp³-hybridized carbons (Fsp3) is 0.154. The lowest BCUT2D eigenvalue weighted by Gasteiger charge is -1.99. The molecule has 0 spiro atoms. The molecule has 0 aliphatic heterocycles. The molecule has 1 aliphatic rings. The van der Waals surface area contributed by atoms with Crippen LogP contribution in [0, 0.1) is 5.92 Å².